The van der Waals surface area contributed by atoms with Crippen LogP contribution in [-0.2, 0) is 14.8 Å². The van der Waals surface area contributed by atoms with E-state index in [0.29, 0.717) is 32.0 Å². The van der Waals surface area contributed by atoms with Crippen molar-refractivity contribution in [3.8, 4) is 0 Å². The Bertz CT molecular complexity index is 303. The Kier molecular flexibility index (Phi) is 6.40. The summed E-state index contributed by atoms with van der Waals surface area (Å²) < 4.78 is 30.6. The molecule has 17 heavy (non-hydrogen) atoms. The standard InChI is InChI=1S/C11H23NO4S/c1-2-16-8-9-17(14,15)12-6-3-4-11(10-12)5-7-13/h11,13H,2-10H2,1H3. The molecule has 1 aliphatic rings. The number of sulfonamides is 1. The van der Waals surface area contributed by atoms with E-state index in [0.717, 1.165) is 12.8 Å². The first-order valence-corrected chi connectivity index (χ1v) is 7.87. The molecule has 0 aromatic heterocycles. The van der Waals surface area contributed by atoms with Crippen molar-refractivity contribution in [2.45, 2.75) is 26.2 Å². The number of aliphatic hydroxyl groups is 1. The van der Waals surface area contributed by atoms with Crippen LogP contribution in [-0.4, -0.2) is 56.5 Å². The van der Waals surface area contributed by atoms with Crippen LogP contribution in [0.2, 0.25) is 0 Å². The van der Waals surface area contributed by atoms with Crippen molar-refractivity contribution in [3.05, 3.63) is 0 Å². The van der Waals surface area contributed by atoms with Crippen molar-refractivity contribution < 1.29 is 18.3 Å². The van der Waals surface area contributed by atoms with Gasteiger partial charge in [0.2, 0.25) is 10.0 Å². The largest absolute Gasteiger partial charge is 0.396 e. The molecule has 102 valence electrons. The molecule has 0 radical (unpaired) electrons. The van der Waals surface area contributed by atoms with Crippen LogP contribution in [0.1, 0.15) is 26.2 Å². The molecule has 5 nitrogen and oxygen atoms in total. The van der Waals surface area contributed by atoms with Crippen LogP contribution in [0, 0.1) is 5.92 Å². The minimum Gasteiger partial charge on any atom is -0.396 e. The molecular formula is C11H23NO4S. The molecule has 0 spiro atoms. The van der Waals surface area contributed by atoms with Crippen molar-refractivity contribution in [3.63, 3.8) is 0 Å². The molecule has 1 rings (SSSR count). The van der Waals surface area contributed by atoms with Gasteiger partial charge in [-0.05, 0) is 32.1 Å². The lowest BCUT2D eigenvalue weighted by Crippen LogP contribution is -2.42. The SMILES string of the molecule is CCOCCS(=O)(=O)N1CCCC(CCO)C1. The number of aliphatic hydroxyl groups excluding tert-OH is 1. The summed E-state index contributed by atoms with van der Waals surface area (Å²) in [4.78, 5) is 0. The second-order valence-corrected chi connectivity index (χ2v) is 6.48. The van der Waals surface area contributed by atoms with Crippen LogP contribution >= 0.6 is 0 Å². The topological polar surface area (TPSA) is 66.8 Å². The van der Waals surface area contributed by atoms with E-state index in [1.165, 1.54) is 0 Å². The summed E-state index contributed by atoms with van der Waals surface area (Å²) in [5.74, 6) is 0.364. The van der Waals surface area contributed by atoms with Gasteiger partial charge in [-0.3, -0.25) is 0 Å². The second-order valence-electron chi connectivity index (χ2n) is 4.39. The molecule has 0 bridgehead atoms. The Balaban J connectivity index is 2.46. The van der Waals surface area contributed by atoms with Crippen molar-refractivity contribution in [2.24, 2.45) is 5.92 Å². The van der Waals surface area contributed by atoms with Gasteiger partial charge in [-0.2, -0.15) is 0 Å². The van der Waals surface area contributed by atoms with Gasteiger partial charge in [-0.1, -0.05) is 0 Å². The minimum absolute atomic E-state index is 0.0622. The van der Waals surface area contributed by atoms with Crippen molar-refractivity contribution >= 4 is 10.0 Å². The summed E-state index contributed by atoms with van der Waals surface area (Å²) in [7, 11) is -3.18. The first-order valence-electron chi connectivity index (χ1n) is 6.26. The third-order valence-electron chi connectivity index (χ3n) is 3.10. The molecular weight excluding hydrogens is 242 g/mol. The Labute approximate surface area is 104 Å². The zero-order chi connectivity index (χ0) is 12.7. The maximum absolute atomic E-state index is 12.0. The van der Waals surface area contributed by atoms with E-state index < -0.39 is 10.0 Å². The lowest BCUT2D eigenvalue weighted by atomic mass is 9.97. The van der Waals surface area contributed by atoms with Crippen LogP contribution in [0.25, 0.3) is 0 Å². The molecule has 1 unspecified atom stereocenters. The number of rotatable bonds is 7. The minimum atomic E-state index is -3.18. The Morgan fingerprint density at radius 2 is 2.24 bits per heavy atom. The van der Waals surface area contributed by atoms with Gasteiger partial charge in [0.05, 0.1) is 12.4 Å². The molecule has 0 aromatic carbocycles. The van der Waals surface area contributed by atoms with E-state index in [-0.39, 0.29) is 19.0 Å². The quantitative estimate of drug-likeness (QED) is 0.679. The maximum atomic E-state index is 12.0. The smallest absolute Gasteiger partial charge is 0.216 e. The molecule has 1 saturated heterocycles. The maximum Gasteiger partial charge on any atom is 0.216 e. The first-order chi connectivity index (χ1) is 8.10. The molecule has 0 saturated carbocycles. The number of hydrogen-bond donors (Lipinski definition) is 1. The normalized spacial score (nSPS) is 22.8. The van der Waals surface area contributed by atoms with Crippen LogP contribution in [0.15, 0.2) is 0 Å². The van der Waals surface area contributed by atoms with E-state index in [1.807, 2.05) is 6.92 Å². The van der Waals surface area contributed by atoms with Crippen molar-refractivity contribution in [1.82, 2.24) is 4.31 Å². The van der Waals surface area contributed by atoms with Gasteiger partial charge in [0.25, 0.3) is 0 Å². The predicted octanol–water partition coefficient (Wildman–Crippen LogP) is 0.447. The molecule has 1 fully saturated rings. The molecule has 1 aliphatic heterocycles. The summed E-state index contributed by atoms with van der Waals surface area (Å²) in [5, 5.41) is 8.89. The fraction of sp³-hybridized carbons (Fsp3) is 1.00. The zero-order valence-electron chi connectivity index (χ0n) is 10.5. The van der Waals surface area contributed by atoms with E-state index in [1.54, 1.807) is 4.31 Å². The van der Waals surface area contributed by atoms with Crippen LogP contribution in [0.3, 0.4) is 0 Å². The fourth-order valence-electron chi connectivity index (χ4n) is 2.14. The molecule has 6 heteroatoms. The monoisotopic (exact) mass is 265 g/mol. The van der Waals surface area contributed by atoms with Crippen molar-refractivity contribution in [2.75, 3.05) is 38.7 Å². The second kappa shape index (κ2) is 7.31. The van der Waals surface area contributed by atoms with E-state index in [4.69, 9.17) is 9.84 Å². The summed E-state index contributed by atoms with van der Waals surface area (Å²) >= 11 is 0. The van der Waals surface area contributed by atoms with Crippen LogP contribution in [0.5, 0.6) is 0 Å². The van der Waals surface area contributed by atoms with Gasteiger partial charge in [0.15, 0.2) is 0 Å². The highest BCUT2D eigenvalue weighted by molar-refractivity contribution is 7.89. The Hall–Kier alpha value is -0.170. The highest BCUT2D eigenvalue weighted by Crippen LogP contribution is 2.21. The number of nitrogens with zero attached hydrogens (tertiary/aromatic N) is 1. The van der Waals surface area contributed by atoms with Gasteiger partial charge in [0, 0.05) is 26.3 Å². The molecule has 0 amide bonds. The summed E-state index contributed by atoms with van der Waals surface area (Å²) in [6.07, 6.45) is 2.59. The van der Waals surface area contributed by atoms with E-state index in [2.05, 4.69) is 0 Å². The summed E-state index contributed by atoms with van der Waals surface area (Å²) in [6.45, 7) is 3.95. The molecule has 1 heterocycles. The van der Waals surface area contributed by atoms with Gasteiger partial charge >= 0.3 is 0 Å². The van der Waals surface area contributed by atoms with Gasteiger partial charge in [-0.25, -0.2) is 12.7 Å². The molecule has 1 N–H and O–H groups in total. The van der Waals surface area contributed by atoms with Crippen LogP contribution < -0.4 is 0 Å². The van der Waals surface area contributed by atoms with Gasteiger partial charge < -0.3 is 9.84 Å². The lowest BCUT2D eigenvalue weighted by Gasteiger charge is -2.31. The average Bonchev–Trinajstić information content (AvgIpc) is 2.30. The number of piperidine rings is 1. The van der Waals surface area contributed by atoms with E-state index in [9.17, 15) is 8.42 Å². The first kappa shape index (κ1) is 14.9. The Morgan fingerprint density at radius 3 is 2.88 bits per heavy atom. The lowest BCUT2D eigenvalue weighted by molar-refractivity contribution is 0.160. The number of ether oxygens (including phenoxy) is 1. The molecule has 1 atom stereocenters. The summed E-state index contributed by atoms with van der Waals surface area (Å²) in [5.41, 5.74) is 0. The fourth-order valence-corrected chi connectivity index (χ4v) is 3.57. The third kappa shape index (κ3) is 4.91. The highest BCUT2D eigenvalue weighted by Gasteiger charge is 2.28. The highest BCUT2D eigenvalue weighted by atomic mass is 32.2. The Morgan fingerprint density at radius 1 is 1.47 bits per heavy atom. The average molecular weight is 265 g/mol. The molecule has 0 aromatic rings. The summed E-state index contributed by atoms with van der Waals surface area (Å²) in [6, 6.07) is 0. The van der Waals surface area contributed by atoms with Gasteiger partial charge in [-0.15, -0.1) is 0 Å². The number of hydrogen-bond acceptors (Lipinski definition) is 4. The van der Waals surface area contributed by atoms with E-state index >= 15 is 0 Å². The third-order valence-corrected chi connectivity index (χ3v) is 4.90. The molecule has 0 aliphatic carbocycles. The van der Waals surface area contributed by atoms with Crippen molar-refractivity contribution in [1.29, 1.82) is 0 Å². The zero-order valence-corrected chi connectivity index (χ0v) is 11.3. The predicted molar refractivity (Wildman–Crippen MR) is 66.3 cm³/mol. The van der Waals surface area contributed by atoms with Gasteiger partial charge in [0.1, 0.15) is 0 Å². The van der Waals surface area contributed by atoms with Crippen LogP contribution in [0.4, 0.5) is 0 Å².